The molecule has 1 aromatic heterocycles. The summed E-state index contributed by atoms with van der Waals surface area (Å²) < 4.78 is 17.7. The van der Waals surface area contributed by atoms with E-state index < -0.39 is 11.5 Å². The first-order chi connectivity index (χ1) is 20.1. The topological polar surface area (TPSA) is 51.9 Å². The van der Waals surface area contributed by atoms with E-state index in [1.54, 1.807) is 6.92 Å². The third-order valence-corrected chi connectivity index (χ3v) is 8.16. The maximum Gasteiger partial charge on any atom is 0.374 e. The number of carbonyl (C=O) groups excluding carboxylic acids is 1. The Bertz CT molecular complexity index is 1510. The van der Waals surface area contributed by atoms with Crippen LogP contribution in [0, 0.1) is 6.92 Å². The van der Waals surface area contributed by atoms with Gasteiger partial charge in [0.1, 0.15) is 17.4 Å². The van der Waals surface area contributed by atoms with Crippen LogP contribution in [0.25, 0.3) is 11.0 Å². The van der Waals surface area contributed by atoms with Crippen LogP contribution in [-0.2, 0) is 10.3 Å². The molecule has 1 aliphatic rings. The summed E-state index contributed by atoms with van der Waals surface area (Å²) in [7, 11) is 0. The number of hydrogen-bond donors (Lipinski definition) is 0. The number of esters is 1. The Balaban J connectivity index is 1.32. The molecule has 0 amide bonds. The number of likely N-dealkylation sites (tertiary alicyclic amines) is 1. The Morgan fingerprint density at radius 1 is 0.805 bits per heavy atom. The van der Waals surface area contributed by atoms with Crippen molar-refractivity contribution >= 4 is 16.9 Å². The summed E-state index contributed by atoms with van der Waals surface area (Å²) in [5, 5.41) is 0.838. The molecule has 1 saturated heterocycles. The third-order valence-electron chi connectivity index (χ3n) is 8.16. The number of hydrogen-bond acceptors (Lipinski definition) is 5. The molecule has 4 aromatic carbocycles. The number of ether oxygens (including phenoxy) is 2. The second-order valence-electron chi connectivity index (χ2n) is 10.5. The van der Waals surface area contributed by atoms with E-state index in [1.165, 1.54) is 16.7 Å². The first kappa shape index (κ1) is 26.9. The van der Waals surface area contributed by atoms with Crippen LogP contribution in [0.5, 0.6) is 5.75 Å². The summed E-state index contributed by atoms with van der Waals surface area (Å²) in [6.45, 7) is 5.70. The monoisotopic (exact) mass is 545 g/mol. The van der Waals surface area contributed by atoms with E-state index in [-0.39, 0.29) is 11.9 Å². The van der Waals surface area contributed by atoms with Crippen molar-refractivity contribution in [3.63, 3.8) is 0 Å². The normalized spacial score (nSPS) is 14.7. The number of carbonyl (C=O) groups is 1. The van der Waals surface area contributed by atoms with Crippen molar-refractivity contribution in [2.24, 2.45) is 0 Å². The molecule has 6 rings (SSSR count). The fourth-order valence-electron chi connectivity index (χ4n) is 6.33. The maximum absolute atomic E-state index is 12.5. The first-order valence-electron chi connectivity index (χ1n) is 14.4. The van der Waals surface area contributed by atoms with Gasteiger partial charge in [-0.15, -0.1) is 0 Å². The highest BCUT2D eigenvalue weighted by molar-refractivity contribution is 5.98. The van der Waals surface area contributed by atoms with Gasteiger partial charge in [-0.25, -0.2) is 4.79 Å². The van der Waals surface area contributed by atoms with Gasteiger partial charge in [0.05, 0.1) is 17.5 Å². The molecule has 5 nitrogen and oxygen atoms in total. The van der Waals surface area contributed by atoms with Crippen LogP contribution in [0.4, 0.5) is 0 Å². The highest BCUT2D eigenvalue weighted by atomic mass is 16.5. The Kier molecular flexibility index (Phi) is 7.62. The quantitative estimate of drug-likeness (QED) is 0.147. The number of furan rings is 1. The van der Waals surface area contributed by atoms with Crippen LogP contribution >= 0.6 is 0 Å². The zero-order valence-electron chi connectivity index (χ0n) is 23.6. The summed E-state index contributed by atoms with van der Waals surface area (Å²) in [5.41, 5.74) is 4.72. The van der Waals surface area contributed by atoms with Crippen LogP contribution in [-0.4, -0.2) is 36.7 Å². The second kappa shape index (κ2) is 11.6. The predicted molar refractivity (Wildman–Crippen MR) is 161 cm³/mol. The lowest BCUT2D eigenvalue weighted by Crippen LogP contribution is -2.52. The molecule has 41 heavy (non-hydrogen) atoms. The van der Waals surface area contributed by atoms with Gasteiger partial charge in [0.25, 0.3) is 0 Å². The van der Waals surface area contributed by atoms with Gasteiger partial charge < -0.3 is 13.9 Å². The van der Waals surface area contributed by atoms with Crippen LogP contribution in [0.2, 0.25) is 0 Å². The zero-order valence-corrected chi connectivity index (χ0v) is 23.6. The number of piperidine rings is 1. The Hall–Kier alpha value is -4.35. The van der Waals surface area contributed by atoms with Gasteiger partial charge in [0, 0.05) is 18.7 Å². The van der Waals surface area contributed by atoms with E-state index >= 15 is 0 Å². The molecule has 1 aliphatic heterocycles. The van der Waals surface area contributed by atoms with E-state index in [4.69, 9.17) is 13.9 Å². The molecule has 0 radical (unpaired) electrons. The van der Waals surface area contributed by atoms with E-state index in [2.05, 4.69) is 95.9 Å². The van der Waals surface area contributed by atoms with E-state index in [0.717, 1.165) is 42.6 Å². The molecular weight excluding hydrogens is 510 g/mol. The number of benzene rings is 4. The van der Waals surface area contributed by atoms with Gasteiger partial charge in [-0.3, -0.25) is 4.90 Å². The van der Waals surface area contributed by atoms with Gasteiger partial charge in [0.15, 0.2) is 0 Å². The number of aryl methyl sites for hydroxylation is 1. The van der Waals surface area contributed by atoms with Gasteiger partial charge >= 0.3 is 5.97 Å². The lowest BCUT2D eigenvalue weighted by Gasteiger charge is -2.48. The standard InChI is InChI=1S/C36H35NO4/c1-3-39-35(38)34-26(2)33-31(20-13-21-32(33)41-34)40-30-22-24-37(25-23-30)36(27-14-7-4-8-15-27,28-16-9-5-10-17-28)29-18-11-6-12-19-29/h4-21,30H,3,22-25H2,1-2H3. The highest BCUT2D eigenvalue weighted by Gasteiger charge is 2.43. The number of fused-ring (bicyclic) bond motifs is 1. The van der Waals surface area contributed by atoms with E-state index in [0.29, 0.717) is 12.2 Å². The molecular formula is C36H35NO4. The minimum atomic E-state index is -0.445. The maximum atomic E-state index is 12.5. The summed E-state index contributed by atoms with van der Waals surface area (Å²) in [5.74, 6) is 0.545. The summed E-state index contributed by atoms with van der Waals surface area (Å²) in [4.78, 5) is 15.1. The Morgan fingerprint density at radius 2 is 1.34 bits per heavy atom. The average Bonchev–Trinajstić information content (AvgIpc) is 3.37. The van der Waals surface area contributed by atoms with Gasteiger partial charge in [0.2, 0.25) is 5.76 Å². The molecule has 5 aromatic rings. The second-order valence-corrected chi connectivity index (χ2v) is 10.5. The third kappa shape index (κ3) is 4.91. The lowest BCUT2D eigenvalue weighted by molar-refractivity contribution is 0.0491. The fraction of sp³-hybridized carbons (Fsp3) is 0.250. The van der Waals surface area contributed by atoms with Gasteiger partial charge in [-0.1, -0.05) is 97.1 Å². The molecule has 2 heterocycles. The number of nitrogens with zero attached hydrogens (tertiary/aromatic N) is 1. The van der Waals surface area contributed by atoms with Crippen molar-refractivity contribution in [2.75, 3.05) is 19.7 Å². The van der Waals surface area contributed by atoms with Crippen LogP contribution in [0.3, 0.4) is 0 Å². The number of rotatable bonds is 8. The Morgan fingerprint density at radius 3 is 1.85 bits per heavy atom. The highest BCUT2D eigenvalue weighted by Crippen LogP contribution is 2.44. The molecule has 0 atom stereocenters. The van der Waals surface area contributed by atoms with Crippen molar-refractivity contribution in [1.82, 2.24) is 4.90 Å². The predicted octanol–water partition coefficient (Wildman–Crippen LogP) is 7.75. The zero-order chi connectivity index (χ0) is 28.2. The van der Waals surface area contributed by atoms with Crippen LogP contribution in [0.1, 0.15) is 52.6 Å². The van der Waals surface area contributed by atoms with Crippen molar-refractivity contribution in [2.45, 2.75) is 38.3 Å². The van der Waals surface area contributed by atoms with Gasteiger partial charge in [-0.2, -0.15) is 0 Å². The molecule has 0 N–H and O–H groups in total. The molecule has 0 saturated carbocycles. The molecule has 208 valence electrons. The molecule has 0 bridgehead atoms. The molecule has 5 heteroatoms. The van der Waals surface area contributed by atoms with Crippen molar-refractivity contribution in [1.29, 1.82) is 0 Å². The molecule has 0 unspecified atom stereocenters. The summed E-state index contributed by atoms with van der Waals surface area (Å²) in [6, 6.07) is 38.2. The average molecular weight is 546 g/mol. The molecule has 1 fully saturated rings. The Labute approximate surface area is 241 Å². The molecule has 0 aliphatic carbocycles. The van der Waals surface area contributed by atoms with Crippen LogP contribution < -0.4 is 4.74 Å². The lowest BCUT2D eigenvalue weighted by atomic mass is 9.74. The van der Waals surface area contributed by atoms with E-state index in [1.807, 2.05) is 25.1 Å². The largest absolute Gasteiger partial charge is 0.490 e. The minimum Gasteiger partial charge on any atom is -0.490 e. The van der Waals surface area contributed by atoms with Crippen LogP contribution in [0.15, 0.2) is 114 Å². The van der Waals surface area contributed by atoms with E-state index in [9.17, 15) is 4.79 Å². The fourth-order valence-corrected chi connectivity index (χ4v) is 6.33. The van der Waals surface area contributed by atoms with Crippen molar-refractivity contribution in [3.05, 3.63) is 137 Å². The van der Waals surface area contributed by atoms with Crippen molar-refractivity contribution in [3.8, 4) is 5.75 Å². The minimum absolute atomic E-state index is 0.0391. The van der Waals surface area contributed by atoms with Crippen molar-refractivity contribution < 1.29 is 18.7 Å². The smallest absolute Gasteiger partial charge is 0.374 e. The summed E-state index contributed by atoms with van der Waals surface area (Å²) in [6.07, 6.45) is 1.77. The van der Waals surface area contributed by atoms with Gasteiger partial charge in [-0.05, 0) is 55.5 Å². The SMILES string of the molecule is CCOC(=O)c1oc2cccc(OC3CCN(C(c4ccccc4)(c4ccccc4)c4ccccc4)CC3)c2c1C. The molecule has 0 spiro atoms. The summed E-state index contributed by atoms with van der Waals surface area (Å²) >= 11 is 0. The first-order valence-corrected chi connectivity index (χ1v) is 14.4.